The Bertz CT molecular complexity index is 207. The molecule has 0 bridgehead atoms. The number of imidazole rings is 1. The van der Waals surface area contributed by atoms with Crippen molar-refractivity contribution in [3.63, 3.8) is 0 Å². The molecule has 0 aliphatic rings. The molecule has 0 aromatic carbocycles. The normalized spacial score (nSPS) is 10.8. The average molecular weight is 146 g/mol. The van der Waals surface area contributed by atoms with Crippen molar-refractivity contribution < 1.29 is 8.78 Å². The van der Waals surface area contributed by atoms with Crippen LogP contribution < -0.4 is 0 Å². The van der Waals surface area contributed by atoms with Crippen LogP contribution in [-0.2, 0) is 6.42 Å². The Morgan fingerprint density at radius 2 is 2.40 bits per heavy atom. The van der Waals surface area contributed by atoms with Gasteiger partial charge in [0.15, 0.2) is 5.82 Å². The number of halogens is 2. The number of hydrogen-bond donors (Lipinski definition) is 1. The highest BCUT2D eigenvalue weighted by molar-refractivity contribution is 5.01. The zero-order valence-electron chi connectivity index (χ0n) is 5.56. The summed E-state index contributed by atoms with van der Waals surface area (Å²) in [5.41, 5.74) is 0.746. The molecule has 0 aliphatic heterocycles. The fourth-order valence-corrected chi connectivity index (χ4v) is 0.667. The van der Waals surface area contributed by atoms with E-state index in [0.29, 0.717) is 6.42 Å². The van der Waals surface area contributed by atoms with Gasteiger partial charge in [0.2, 0.25) is 0 Å². The summed E-state index contributed by atoms with van der Waals surface area (Å²) in [7, 11) is 0. The minimum absolute atomic E-state index is 0.239. The fraction of sp³-hybridized carbons (Fsp3) is 0.500. The van der Waals surface area contributed by atoms with E-state index < -0.39 is 6.43 Å². The number of H-pyrrole nitrogens is 1. The number of aryl methyl sites for hydroxylation is 1. The molecule has 10 heavy (non-hydrogen) atoms. The molecule has 0 fully saturated rings. The van der Waals surface area contributed by atoms with E-state index in [1.165, 1.54) is 6.20 Å². The van der Waals surface area contributed by atoms with Crippen LogP contribution in [0.4, 0.5) is 8.78 Å². The van der Waals surface area contributed by atoms with Crippen molar-refractivity contribution in [1.29, 1.82) is 0 Å². The number of rotatable bonds is 2. The van der Waals surface area contributed by atoms with Gasteiger partial charge in [0, 0.05) is 11.9 Å². The number of nitrogens with one attached hydrogen (secondary N) is 1. The van der Waals surface area contributed by atoms with Crippen molar-refractivity contribution in [3.05, 3.63) is 17.7 Å². The van der Waals surface area contributed by atoms with Crippen molar-refractivity contribution in [3.8, 4) is 0 Å². The van der Waals surface area contributed by atoms with Crippen LogP contribution in [0, 0.1) is 0 Å². The van der Waals surface area contributed by atoms with Crippen LogP contribution in [0.3, 0.4) is 0 Å². The molecule has 1 N–H and O–H groups in total. The maximum atomic E-state index is 11.8. The highest BCUT2D eigenvalue weighted by Gasteiger charge is 2.09. The van der Waals surface area contributed by atoms with Crippen molar-refractivity contribution in [2.45, 2.75) is 19.8 Å². The summed E-state index contributed by atoms with van der Waals surface area (Å²) >= 11 is 0. The number of aromatic nitrogens is 2. The lowest BCUT2D eigenvalue weighted by molar-refractivity contribution is 0.141. The second-order valence-corrected chi connectivity index (χ2v) is 1.95. The first-order valence-corrected chi connectivity index (χ1v) is 3.06. The number of alkyl halides is 2. The lowest BCUT2D eigenvalue weighted by atomic mass is 10.4. The zero-order valence-corrected chi connectivity index (χ0v) is 5.56. The van der Waals surface area contributed by atoms with Crippen LogP contribution in [0.5, 0.6) is 0 Å². The molecular weight excluding hydrogens is 138 g/mol. The molecule has 0 atom stereocenters. The van der Waals surface area contributed by atoms with Crippen LogP contribution in [0.2, 0.25) is 0 Å². The third-order valence-electron chi connectivity index (χ3n) is 1.24. The van der Waals surface area contributed by atoms with Gasteiger partial charge in [-0.05, 0) is 6.42 Å². The molecule has 0 saturated heterocycles. The Morgan fingerprint density at radius 1 is 1.70 bits per heavy atom. The molecule has 0 unspecified atom stereocenters. The van der Waals surface area contributed by atoms with Crippen molar-refractivity contribution in [2.24, 2.45) is 0 Å². The van der Waals surface area contributed by atoms with E-state index in [2.05, 4.69) is 9.97 Å². The third kappa shape index (κ3) is 1.32. The van der Waals surface area contributed by atoms with Crippen molar-refractivity contribution in [2.75, 3.05) is 0 Å². The number of aromatic amines is 1. The Kier molecular flexibility index (Phi) is 1.99. The van der Waals surface area contributed by atoms with E-state index in [0.717, 1.165) is 5.69 Å². The van der Waals surface area contributed by atoms with E-state index >= 15 is 0 Å². The minimum atomic E-state index is -2.49. The molecule has 0 amide bonds. The van der Waals surface area contributed by atoms with Crippen LogP contribution >= 0.6 is 0 Å². The molecule has 0 spiro atoms. The van der Waals surface area contributed by atoms with Gasteiger partial charge in [-0.25, -0.2) is 13.8 Å². The minimum Gasteiger partial charge on any atom is -0.341 e. The van der Waals surface area contributed by atoms with Gasteiger partial charge in [-0.3, -0.25) is 0 Å². The van der Waals surface area contributed by atoms with Gasteiger partial charge < -0.3 is 4.98 Å². The van der Waals surface area contributed by atoms with Gasteiger partial charge in [0.05, 0.1) is 0 Å². The van der Waals surface area contributed by atoms with E-state index in [1.54, 1.807) is 0 Å². The van der Waals surface area contributed by atoms with Gasteiger partial charge >= 0.3 is 0 Å². The van der Waals surface area contributed by atoms with Crippen LogP contribution in [-0.4, -0.2) is 9.97 Å². The lowest BCUT2D eigenvalue weighted by Crippen LogP contribution is -1.86. The first-order valence-electron chi connectivity index (χ1n) is 3.06. The smallest absolute Gasteiger partial charge is 0.295 e. The standard InChI is InChI=1S/C6H8F2N2/c1-2-4-3-9-6(10-4)5(7)8/h3,5H,2H2,1H3,(H,9,10). The zero-order chi connectivity index (χ0) is 7.56. The van der Waals surface area contributed by atoms with Crippen molar-refractivity contribution >= 4 is 0 Å². The number of nitrogens with zero attached hydrogens (tertiary/aromatic N) is 1. The Morgan fingerprint density at radius 3 is 2.70 bits per heavy atom. The first kappa shape index (κ1) is 7.18. The average Bonchev–Trinajstić information content (AvgIpc) is 2.34. The maximum Gasteiger partial charge on any atom is 0.295 e. The van der Waals surface area contributed by atoms with Gasteiger partial charge in [0.25, 0.3) is 6.43 Å². The molecule has 0 aliphatic carbocycles. The van der Waals surface area contributed by atoms with Gasteiger partial charge in [-0.15, -0.1) is 0 Å². The summed E-state index contributed by atoms with van der Waals surface area (Å²) in [5.74, 6) is -0.239. The Labute approximate surface area is 57.3 Å². The SMILES string of the molecule is CCc1cnc(C(F)F)[nH]1. The topological polar surface area (TPSA) is 28.7 Å². The van der Waals surface area contributed by atoms with E-state index in [1.807, 2.05) is 6.92 Å². The van der Waals surface area contributed by atoms with Crippen LogP contribution in [0.25, 0.3) is 0 Å². The van der Waals surface area contributed by atoms with E-state index in [9.17, 15) is 8.78 Å². The second-order valence-electron chi connectivity index (χ2n) is 1.95. The maximum absolute atomic E-state index is 11.8. The second kappa shape index (κ2) is 2.77. The van der Waals surface area contributed by atoms with Gasteiger partial charge in [-0.2, -0.15) is 0 Å². The first-order chi connectivity index (χ1) is 4.74. The van der Waals surface area contributed by atoms with E-state index in [4.69, 9.17) is 0 Å². The van der Waals surface area contributed by atoms with Crippen LogP contribution in [0.15, 0.2) is 6.20 Å². The Balaban J connectivity index is 2.78. The summed E-state index contributed by atoms with van der Waals surface area (Å²) in [6, 6.07) is 0. The molecule has 1 rings (SSSR count). The molecule has 1 aromatic rings. The quantitative estimate of drug-likeness (QED) is 0.678. The lowest BCUT2D eigenvalue weighted by Gasteiger charge is -1.89. The molecule has 2 nitrogen and oxygen atoms in total. The summed E-state index contributed by atoms with van der Waals surface area (Å²) in [4.78, 5) is 5.98. The summed E-state index contributed by atoms with van der Waals surface area (Å²) in [5, 5.41) is 0. The highest BCUT2D eigenvalue weighted by Crippen LogP contribution is 2.14. The molecule has 1 heterocycles. The van der Waals surface area contributed by atoms with Gasteiger partial charge in [0.1, 0.15) is 0 Å². The number of hydrogen-bond acceptors (Lipinski definition) is 1. The van der Waals surface area contributed by atoms with Gasteiger partial charge in [-0.1, -0.05) is 6.92 Å². The third-order valence-corrected chi connectivity index (χ3v) is 1.24. The Hall–Kier alpha value is -0.930. The van der Waals surface area contributed by atoms with Crippen molar-refractivity contribution in [1.82, 2.24) is 9.97 Å². The summed E-state index contributed by atoms with van der Waals surface area (Å²) in [6.45, 7) is 1.88. The monoisotopic (exact) mass is 146 g/mol. The molecule has 0 saturated carbocycles. The summed E-state index contributed by atoms with van der Waals surface area (Å²) in [6.07, 6.45) is -0.346. The van der Waals surface area contributed by atoms with Crippen LogP contribution in [0.1, 0.15) is 24.9 Å². The highest BCUT2D eigenvalue weighted by atomic mass is 19.3. The fourth-order valence-electron chi connectivity index (χ4n) is 0.667. The molecule has 0 radical (unpaired) electrons. The largest absolute Gasteiger partial charge is 0.341 e. The molecule has 1 aromatic heterocycles. The van der Waals surface area contributed by atoms with E-state index in [-0.39, 0.29) is 5.82 Å². The predicted octanol–water partition coefficient (Wildman–Crippen LogP) is 1.91. The molecule has 4 heteroatoms. The molecular formula is C6H8F2N2. The summed E-state index contributed by atoms with van der Waals surface area (Å²) < 4.78 is 23.6. The molecule has 56 valence electrons. The predicted molar refractivity (Wildman–Crippen MR) is 32.9 cm³/mol.